The van der Waals surface area contributed by atoms with Gasteiger partial charge in [-0.3, -0.25) is 4.99 Å². The number of nitrogens with two attached hydrogens (primary N) is 1. The van der Waals surface area contributed by atoms with Crippen LogP contribution in [0.2, 0.25) is 0 Å². The zero-order valence-corrected chi connectivity index (χ0v) is 15.6. The number of guanidine groups is 1. The SMILES string of the molecule is CCc1ccc(NC(N)=NCCCCN2CC(C)CC(C)C2)cc1. The molecule has 1 aromatic rings. The highest BCUT2D eigenvalue weighted by Gasteiger charge is 2.20. The second-order valence-electron chi connectivity index (χ2n) is 7.36. The maximum atomic E-state index is 5.97. The summed E-state index contributed by atoms with van der Waals surface area (Å²) in [6.07, 6.45) is 4.72. The molecule has 2 rings (SSSR count). The Hall–Kier alpha value is -1.55. The van der Waals surface area contributed by atoms with E-state index in [0.29, 0.717) is 5.96 Å². The summed E-state index contributed by atoms with van der Waals surface area (Å²) in [4.78, 5) is 7.05. The number of hydrogen-bond acceptors (Lipinski definition) is 2. The number of anilines is 1. The molecule has 0 aliphatic carbocycles. The number of aliphatic imine (C=N–C) groups is 1. The van der Waals surface area contributed by atoms with Crippen LogP contribution >= 0.6 is 0 Å². The molecule has 0 amide bonds. The number of rotatable bonds is 7. The third kappa shape index (κ3) is 6.52. The lowest BCUT2D eigenvalue weighted by atomic mass is 9.92. The first kappa shape index (κ1) is 18.8. The molecule has 0 bridgehead atoms. The normalized spacial score (nSPS) is 22.5. The van der Waals surface area contributed by atoms with Gasteiger partial charge in [0.05, 0.1) is 0 Å². The molecule has 0 radical (unpaired) electrons. The van der Waals surface area contributed by atoms with Gasteiger partial charge in [0.2, 0.25) is 0 Å². The van der Waals surface area contributed by atoms with E-state index in [0.717, 1.165) is 36.9 Å². The van der Waals surface area contributed by atoms with E-state index in [-0.39, 0.29) is 0 Å². The average Bonchev–Trinajstić information content (AvgIpc) is 2.54. The second-order valence-corrected chi connectivity index (χ2v) is 7.36. The molecule has 4 nitrogen and oxygen atoms in total. The Labute approximate surface area is 147 Å². The first-order valence-electron chi connectivity index (χ1n) is 9.45. The van der Waals surface area contributed by atoms with E-state index < -0.39 is 0 Å². The number of hydrogen-bond donors (Lipinski definition) is 2. The quantitative estimate of drug-likeness (QED) is 0.455. The minimum Gasteiger partial charge on any atom is -0.370 e. The van der Waals surface area contributed by atoms with Crippen LogP contribution in [-0.4, -0.2) is 37.0 Å². The number of piperidine rings is 1. The average molecular weight is 331 g/mol. The Kier molecular flexibility index (Phi) is 7.57. The molecule has 0 saturated carbocycles. The van der Waals surface area contributed by atoms with Gasteiger partial charge in [-0.15, -0.1) is 0 Å². The zero-order chi connectivity index (χ0) is 17.4. The van der Waals surface area contributed by atoms with Gasteiger partial charge in [0.15, 0.2) is 5.96 Å². The summed E-state index contributed by atoms with van der Waals surface area (Å²) in [5.74, 6) is 2.19. The van der Waals surface area contributed by atoms with Crippen molar-refractivity contribution >= 4 is 11.6 Å². The fourth-order valence-electron chi connectivity index (χ4n) is 3.63. The van der Waals surface area contributed by atoms with Gasteiger partial charge in [0.25, 0.3) is 0 Å². The maximum Gasteiger partial charge on any atom is 0.193 e. The van der Waals surface area contributed by atoms with Gasteiger partial charge < -0.3 is 16.0 Å². The van der Waals surface area contributed by atoms with Crippen molar-refractivity contribution in [1.82, 2.24) is 4.90 Å². The molecule has 3 N–H and O–H groups in total. The van der Waals surface area contributed by atoms with Gasteiger partial charge in [0.1, 0.15) is 0 Å². The van der Waals surface area contributed by atoms with Gasteiger partial charge in [-0.2, -0.15) is 0 Å². The van der Waals surface area contributed by atoms with Crippen molar-refractivity contribution in [3.05, 3.63) is 29.8 Å². The van der Waals surface area contributed by atoms with Crippen LogP contribution in [0.3, 0.4) is 0 Å². The lowest BCUT2D eigenvalue weighted by molar-refractivity contribution is 0.139. The first-order valence-corrected chi connectivity index (χ1v) is 9.45. The van der Waals surface area contributed by atoms with E-state index in [1.807, 2.05) is 0 Å². The van der Waals surface area contributed by atoms with Crippen LogP contribution in [0, 0.1) is 11.8 Å². The van der Waals surface area contributed by atoms with Crippen molar-refractivity contribution in [2.45, 2.75) is 46.5 Å². The van der Waals surface area contributed by atoms with Crippen LogP contribution in [0.1, 0.15) is 45.6 Å². The third-order valence-electron chi connectivity index (χ3n) is 4.74. The Balaban J connectivity index is 1.64. The molecule has 0 aromatic heterocycles. The Morgan fingerprint density at radius 1 is 1.17 bits per heavy atom. The fraction of sp³-hybridized carbons (Fsp3) is 0.650. The minimum atomic E-state index is 0.513. The van der Waals surface area contributed by atoms with Crippen LogP contribution in [-0.2, 0) is 6.42 Å². The Bertz CT molecular complexity index is 499. The smallest absolute Gasteiger partial charge is 0.193 e. The van der Waals surface area contributed by atoms with Crippen molar-refractivity contribution in [2.24, 2.45) is 22.6 Å². The third-order valence-corrected chi connectivity index (χ3v) is 4.74. The Morgan fingerprint density at radius 3 is 2.46 bits per heavy atom. The number of benzene rings is 1. The van der Waals surface area contributed by atoms with E-state index in [1.165, 1.54) is 38.0 Å². The van der Waals surface area contributed by atoms with Crippen LogP contribution in [0.25, 0.3) is 0 Å². The summed E-state index contributed by atoms with van der Waals surface area (Å²) in [7, 11) is 0. The molecule has 1 aliphatic heterocycles. The Morgan fingerprint density at radius 2 is 1.83 bits per heavy atom. The van der Waals surface area contributed by atoms with Crippen LogP contribution in [0.5, 0.6) is 0 Å². The molecule has 1 aromatic carbocycles. The summed E-state index contributed by atoms with van der Waals surface area (Å²) in [6.45, 7) is 11.4. The van der Waals surface area contributed by atoms with Gasteiger partial charge in [-0.25, -0.2) is 0 Å². The highest BCUT2D eigenvalue weighted by molar-refractivity contribution is 5.92. The fourth-order valence-corrected chi connectivity index (χ4v) is 3.63. The summed E-state index contributed by atoms with van der Waals surface area (Å²) in [5.41, 5.74) is 8.30. The van der Waals surface area contributed by atoms with E-state index in [2.05, 4.69) is 60.2 Å². The van der Waals surface area contributed by atoms with E-state index in [4.69, 9.17) is 5.73 Å². The maximum absolute atomic E-state index is 5.97. The molecule has 4 heteroatoms. The largest absolute Gasteiger partial charge is 0.370 e. The monoisotopic (exact) mass is 330 g/mol. The first-order chi connectivity index (χ1) is 11.6. The minimum absolute atomic E-state index is 0.513. The molecule has 1 fully saturated rings. The van der Waals surface area contributed by atoms with Crippen LogP contribution < -0.4 is 11.1 Å². The van der Waals surface area contributed by atoms with Crippen molar-refractivity contribution in [3.63, 3.8) is 0 Å². The standard InChI is InChI=1S/C20H34N4/c1-4-18-7-9-19(10-8-18)23-20(21)22-11-5-6-12-24-14-16(2)13-17(3)15-24/h7-10,16-17H,4-6,11-15H2,1-3H3,(H3,21,22,23). The lowest BCUT2D eigenvalue weighted by Gasteiger charge is -2.34. The summed E-state index contributed by atoms with van der Waals surface area (Å²) < 4.78 is 0. The molecule has 1 heterocycles. The molecule has 0 spiro atoms. The molecule has 1 aliphatic rings. The predicted octanol–water partition coefficient (Wildman–Crippen LogP) is 3.73. The number of nitrogens with one attached hydrogen (secondary N) is 1. The van der Waals surface area contributed by atoms with Crippen molar-refractivity contribution in [3.8, 4) is 0 Å². The zero-order valence-electron chi connectivity index (χ0n) is 15.6. The van der Waals surface area contributed by atoms with Crippen molar-refractivity contribution < 1.29 is 0 Å². The topological polar surface area (TPSA) is 53.6 Å². The lowest BCUT2D eigenvalue weighted by Crippen LogP contribution is -2.39. The van der Waals surface area contributed by atoms with Crippen LogP contribution in [0.4, 0.5) is 5.69 Å². The number of unbranched alkanes of at least 4 members (excludes halogenated alkanes) is 1. The van der Waals surface area contributed by atoms with Crippen molar-refractivity contribution in [1.29, 1.82) is 0 Å². The summed E-state index contributed by atoms with van der Waals surface area (Å²) in [6, 6.07) is 8.35. The molecule has 24 heavy (non-hydrogen) atoms. The second kappa shape index (κ2) is 9.67. The predicted molar refractivity (Wildman–Crippen MR) is 105 cm³/mol. The number of nitrogens with zero attached hydrogens (tertiary/aromatic N) is 2. The highest BCUT2D eigenvalue weighted by Crippen LogP contribution is 2.21. The van der Waals surface area contributed by atoms with Gasteiger partial charge >= 0.3 is 0 Å². The molecular weight excluding hydrogens is 296 g/mol. The molecule has 134 valence electrons. The van der Waals surface area contributed by atoms with E-state index >= 15 is 0 Å². The van der Waals surface area contributed by atoms with Crippen LogP contribution in [0.15, 0.2) is 29.3 Å². The molecule has 2 unspecified atom stereocenters. The number of aryl methyl sites for hydroxylation is 1. The number of likely N-dealkylation sites (tertiary alicyclic amines) is 1. The summed E-state index contributed by atoms with van der Waals surface area (Å²) in [5, 5.41) is 3.16. The summed E-state index contributed by atoms with van der Waals surface area (Å²) >= 11 is 0. The molecule has 1 saturated heterocycles. The van der Waals surface area contributed by atoms with E-state index in [9.17, 15) is 0 Å². The van der Waals surface area contributed by atoms with Gasteiger partial charge in [-0.05, 0) is 61.8 Å². The highest BCUT2D eigenvalue weighted by atomic mass is 15.1. The van der Waals surface area contributed by atoms with Crippen molar-refractivity contribution in [2.75, 3.05) is 31.5 Å². The van der Waals surface area contributed by atoms with Gasteiger partial charge in [-0.1, -0.05) is 32.9 Å². The van der Waals surface area contributed by atoms with Gasteiger partial charge in [0, 0.05) is 25.3 Å². The molecule has 2 atom stereocenters. The molecular formula is C20H34N4. The van der Waals surface area contributed by atoms with E-state index in [1.54, 1.807) is 0 Å².